The SMILES string of the molecule is Cc1cccc(C(C)C(=O)Nc2cc(CO)ccc2C)c1. The molecule has 21 heavy (non-hydrogen) atoms. The van der Waals surface area contributed by atoms with Crippen LogP contribution in [0.2, 0.25) is 0 Å². The van der Waals surface area contributed by atoms with Crippen LogP contribution in [0.3, 0.4) is 0 Å². The Morgan fingerprint density at radius 1 is 1.19 bits per heavy atom. The van der Waals surface area contributed by atoms with Gasteiger partial charge in [-0.1, -0.05) is 42.0 Å². The van der Waals surface area contributed by atoms with Gasteiger partial charge in [0, 0.05) is 5.69 Å². The number of carbonyl (C=O) groups excluding carboxylic acids is 1. The minimum atomic E-state index is -0.220. The molecule has 2 aromatic rings. The number of anilines is 1. The largest absolute Gasteiger partial charge is 0.392 e. The van der Waals surface area contributed by atoms with Gasteiger partial charge < -0.3 is 10.4 Å². The molecule has 0 radical (unpaired) electrons. The monoisotopic (exact) mass is 283 g/mol. The number of hydrogen-bond acceptors (Lipinski definition) is 2. The van der Waals surface area contributed by atoms with E-state index in [1.807, 2.05) is 63.2 Å². The van der Waals surface area contributed by atoms with E-state index in [1.165, 1.54) is 0 Å². The van der Waals surface area contributed by atoms with E-state index in [1.54, 1.807) is 0 Å². The Morgan fingerprint density at radius 2 is 1.95 bits per heavy atom. The van der Waals surface area contributed by atoms with Crippen LogP contribution >= 0.6 is 0 Å². The van der Waals surface area contributed by atoms with Crippen LogP contribution in [0.5, 0.6) is 0 Å². The predicted molar refractivity (Wildman–Crippen MR) is 85.3 cm³/mol. The molecular formula is C18H21NO2. The van der Waals surface area contributed by atoms with Crippen molar-refractivity contribution in [2.45, 2.75) is 33.3 Å². The summed E-state index contributed by atoms with van der Waals surface area (Å²) in [5, 5.41) is 12.1. The van der Waals surface area contributed by atoms with Gasteiger partial charge in [-0.2, -0.15) is 0 Å². The molecule has 0 aliphatic carbocycles. The average Bonchev–Trinajstić information content (AvgIpc) is 2.48. The standard InChI is InChI=1S/C18H21NO2/c1-12-5-4-6-16(9-12)14(3)18(21)19-17-10-15(11-20)8-7-13(17)2/h4-10,14,20H,11H2,1-3H3,(H,19,21). The van der Waals surface area contributed by atoms with Crippen molar-refractivity contribution in [2.24, 2.45) is 0 Å². The number of hydrogen-bond donors (Lipinski definition) is 2. The lowest BCUT2D eigenvalue weighted by molar-refractivity contribution is -0.117. The predicted octanol–water partition coefficient (Wildman–Crippen LogP) is 3.54. The number of amides is 1. The van der Waals surface area contributed by atoms with Gasteiger partial charge in [-0.3, -0.25) is 4.79 Å². The second-order valence-electron chi connectivity index (χ2n) is 5.43. The molecule has 1 atom stereocenters. The third kappa shape index (κ3) is 3.70. The molecule has 0 spiro atoms. The van der Waals surface area contributed by atoms with Crippen LogP contribution in [0.4, 0.5) is 5.69 Å². The molecule has 1 unspecified atom stereocenters. The Hall–Kier alpha value is -2.13. The van der Waals surface area contributed by atoms with Crippen molar-refractivity contribution < 1.29 is 9.90 Å². The summed E-state index contributed by atoms with van der Waals surface area (Å²) in [7, 11) is 0. The molecule has 2 N–H and O–H groups in total. The van der Waals surface area contributed by atoms with Gasteiger partial charge in [0.05, 0.1) is 12.5 Å². The number of rotatable bonds is 4. The number of nitrogens with one attached hydrogen (secondary N) is 1. The van der Waals surface area contributed by atoms with Gasteiger partial charge in [-0.25, -0.2) is 0 Å². The van der Waals surface area contributed by atoms with E-state index in [9.17, 15) is 9.90 Å². The Bertz CT molecular complexity index is 649. The minimum Gasteiger partial charge on any atom is -0.392 e. The van der Waals surface area contributed by atoms with E-state index in [0.717, 1.165) is 27.9 Å². The number of aliphatic hydroxyl groups excluding tert-OH is 1. The van der Waals surface area contributed by atoms with Crippen molar-refractivity contribution in [1.82, 2.24) is 0 Å². The summed E-state index contributed by atoms with van der Waals surface area (Å²) in [5.41, 5.74) is 4.68. The molecule has 0 aromatic heterocycles. The summed E-state index contributed by atoms with van der Waals surface area (Å²) in [6.45, 7) is 5.82. The van der Waals surface area contributed by atoms with Crippen LogP contribution in [0, 0.1) is 13.8 Å². The average molecular weight is 283 g/mol. The van der Waals surface area contributed by atoms with E-state index >= 15 is 0 Å². The van der Waals surface area contributed by atoms with Gasteiger partial charge in [-0.15, -0.1) is 0 Å². The highest BCUT2D eigenvalue weighted by molar-refractivity contribution is 5.96. The second kappa shape index (κ2) is 6.55. The molecule has 0 aliphatic heterocycles. The van der Waals surface area contributed by atoms with Gasteiger partial charge in [0.15, 0.2) is 0 Å². The number of carbonyl (C=O) groups is 1. The van der Waals surface area contributed by atoms with Gasteiger partial charge in [0.1, 0.15) is 0 Å². The van der Waals surface area contributed by atoms with E-state index in [4.69, 9.17) is 0 Å². The summed E-state index contributed by atoms with van der Waals surface area (Å²) >= 11 is 0. The normalized spacial score (nSPS) is 12.0. The van der Waals surface area contributed by atoms with Crippen molar-refractivity contribution in [1.29, 1.82) is 0 Å². The third-order valence-electron chi connectivity index (χ3n) is 3.68. The van der Waals surface area contributed by atoms with Gasteiger partial charge in [0.25, 0.3) is 0 Å². The molecule has 2 aromatic carbocycles. The zero-order chi connectivity index (χ0) is 15.4. The van der Waals surface area contributed by atoms with Crippen LogP contribution in [0.15, 0.2) is 42.5 Å². The maximum absolute atomic E-state index is 12.4. The van der Waals surface area contributed by atoms with Gasteiger partial charge in [-0.05, 0) is 43.5 Å². The number of aryl methyl sites for hydroxylation is 2. The topological polar surface area (TPSA) is 49.3 Å². The molecule has 2 rings (SSSR count). The van der Waals surface area contributed by atoms with Crippen LogP contribution in [-0.4, -0.2) is 11.0 Å². The van der Waals surface area contributed by atoms with Gasteiger partial charge in [0.2, 0.25) is 5.91 Å². The molecule has 0 heterocycles. The molecule has 0 saturated carbocycles. The summed E-state index contributed by atoms with van der Waals surface area (Å²) in [6.07, 6.45) is 0. The van der Waals surface area contributed by atoms with Crippen molar-refractivity contribution in [3.05, 3.63) is 64.7 Å². The van der Waals surface area contributed by atoms with Gasteiger partial charge >= 0.3 is 0 Å². The molecule has 0 saturated heterocycles. The minimum absolute atomic E-state index is 0.0312. The summed E-state index contributed by atoms with van der Waals surface area (Å²) in [6, 6.07) is 13.5. The molecule has 3 heteroatoms. The van der Waals surface area contributed by atoms with E-state index in [-0.39, 0.29) is 18.4 Å². The maximum atomic E-state index is 12.4. The molecular weight excluding hydrogens is 262 g/mol. The second-order valence-corrected chi connectivity index (χ2v) is 5.43. The van der Waals surface area contributed by atoms with Crippen LogP contribution in [-0.2, 0) is 11.4 Å². The molecule has 3 nitrogen and oxygen atoms in total. The zero-order valence-electron chi connectivity index (χ0n) is 12.7. The number of benzene rings is 2. The summed E-state index contributed by atoms with van der Waals surface area (Å²) < 4.78 is 0. The smallest absolute Gasteiger partial charge is 0.231 e. The van der Waals surface area contributed by atoms with Crippen molar-refractivity contribution in [3.8, 4) is 0 Å². The fourth-order valence-electron chi connectivity index (χ4n) is 2.23. The Kier molecular flexibility index (Phi) is 4.76. The number of aliphatic hydroxyl groups is 1. The molecule has 0 aliphatic rings. The fraction of sp³-hybridized carbons (Fsp3) is 0.278. The van der Waals surface area contributed by atoms with Crippen LogP contribution in [0.25, 0.3) is 0 Å². The van der Waals surface area contributed by atoms with Crippen LogP contribution < -0.4 is 5.32 Å². The van der Waals surface area contributed by atoms with Crippen LogP contribution in [0.1, 0.15) is 35.1 Å². The lowest BCUT2D eigenvalue weighted by Gasteiger charge is -2.15. The van der Waals surface area contributed by atoms with E-state index in [0.29, 0.717) is 0 Å². The lowest BCUT2D eigenvalue weighted by Crippen LogP contribution is -2.19. The highest BCUT2D eigenvalue weighted by Crippen LogP contribution is 2.22. The zero-order valence-corrected chi connectivity index (χ0v) is 12.7. The maximum Gasteiger partial charge on any atom is 0.231 e. The quantitative estimate of drug-likeness (QED) is 0.901. The highest BCUT2D eigenvalue weighted by Gasteiger charge is 2.16. The lowest BCUT2D eigenvalue weighted by atomic mass is 9.98. The van der Waals surface area contributed by atoms with Crippen molar-refractivity contribution in [2.75, 3.05) is 5.32 Å². The fourth-order valence-corrected chi connectivity index (χ4v) is 2.23. The first-order chi connectivity index (χ1) is 10.0. The molecule has 1 amide bonds. The third-order valence-corrected chi connectivity index (χ3v) is 3.68. The molecule has 110 valence electrons. The van der Waals surface area contributed by atoms with Crippen molar-refractivity contribution >= 4 is 11.6 Å². The summed E-state index contributed by atoms with van der Waals surface area (Å²) in [5.74, 6) is -0.263. The Balaban J connectivity index is 2.18. The first-order valence-electron chi connectivity index (χ1n) is 7.09. The molecule has 0 fully saturated rings. The highest BCUT2D eigenvalue weighted by atomic mass is 16.3. The molecule has 0 bridgehead atoms. The van der Waals surface area contributed by atoms with Crippen molar-refractivity contribution in [3.63, 3.8) is 0 Å². The van der Waals surface area contributed by atoms with E-state index < -0.39 is 0 Å². The van der Waals surface area contributed by atoms with E-state index in [2.05, 4.69) is 5.32 Å². The Morgan fingerprint density at radius 3 is 2.62 bits per heavy atom. The first-order valence-corrected chi connectivity index (χ1v) is 7.09. The Labute approximate surface area is 125 Å². The summed E-state index contributed by atoms with van der Waals surface area (Å²) in [4.78, 5) is 12.4. The first kappa shape index (κ1) is 15.3.